The summed E-state index contributed by atoms with van der Waals surface area (Å²) in [7, 11) is 0. The first-order valence-corrected chi connectivity index (χ1v) is 10.7. The number of benzene rings is 2. The predicted octanol–water partition coefficient (Wildman–Crippen LogP) is 4.67. The molecule has 1 aliphatic heterocycles. The maximum absolute atomic E-state index is 13.0. The van der Waals surface area contributed by atoms with Gasteiger partial charge in [0.05, 0.1) is 6.54 Å². The summed E-state index contributed by atoms with van der Waals surface area (Å²) in [6.45, 7) is 5.49. The number of rotatable bonds is 6. The number of amidine groups is 1. The molecular weight excluding hydrogens is 392 g/mol. The van der Waals surface area contributed by atoms with Gasteiger partial charge in [0.2, 0.25) is 0 Å². The second-order valence-electron chi connectivity index (χ2n) is 8.93. The molecule has 1 amide bonds. The Morgan fingerprint density at radius 2 is 1.81 bits per heavy atom. The summed E-state index contributed by atoms with van der Waals surface area (Å²) >= 11 is 0. The largest absolute Gasteiger partial charge is 0.478 e. The Hall–Kier alpha value is -3.15. The number of aliphatic carboxylic acids is 1. The van der Waals surface area contributed by atoms with Gasteiger partial charge in [-0.1, -0.05) is 49.2 Å². The molecule has 1 N–H and O–H groups in total. The Morgan fingerprint density at radius 3 is 2.45 bits per heavy atom. The third-order valence-corrected chi connectivity index (χ3v) is 6.19. The quantitative estimate of drug-likeness (QED) is 0.737. The molecular formula is C25H28N2O4. The first kappa shape index (κ1) is 21.1. The molecule has 162 valence electrons. The monoisotopic (exact) mass is 420 g/mol. The van der Waals surface area contributed by atoms with Crippen LogP contribution in [0.2, 0.25) is 0 Å². The number of carboxylic acid groups (broad SMARTS) is 1. The van der Waals surface area contributed by atoms with Crippen LogP contribution < -0.4 is 4.74 Å². The Balaban J connectivity index is 1.48. The van der Waals surface area contributed by atoms with Gasteiger partial charge >= 0.3 is 5.97 Å². The predicted molar refractivity (Wildman–Crippen MR) is 119 cm³/mol. The normalized spacial score (nSPS) is 17.8. The van der Waals surface area contributed by atoms with E-state index >= 15 is 0 Å². The highest BCUT2D eigenvalue weighted by Gasteiger charge is 2.48. The van der Waals surface area contributed by atoms with Crippen molar-refractivity contribution < 1.29 is 19.4 Å². The minimum Gasteiger partial charge on any atom is -0.478 e. The summed E-state index contributed by atoms with van der Waals surface area (Å²) in [6.07, 6.45) is 3.85. The lowest BCUT2D eigenvalue weighted by atomic mass is 9.98. The molecule has 0 radical (unpaired) electrons. The standard InChI is InChI=1S/C25H28N2O4/c1-17-26-25(13-4-5-14-25)22(28)27(17)16-18-9-11-19(12-10-18)20-7-6-8-21(15-20)31-24(2,3)23(29)30/h6-12,15H,4-5,13-14,16H2,1-3H3,(H,29,30). The zero-order chi connectivity index (χ0) is 22.2. The van der Waals surface area contributed by atoms with Gasteiger partial charge in [-0.3, -0.25) is 14.7 Å². The van der Waals surface area contributed by atoms with Crippen LogP contribution in [0.5, 0.6) is 5.75 Å². The van der Waals surface area contributed by atoms with Crippen molar-refractivity contribution >= 4 is 17.7 Å². The van der Waals surface area contributed by atoms with Gasteiger partial charge in [-0.2, -0.15) is 0 Å². The van der Waals surface area contributed by atoms with Crippen LogP contribution in [0.25, 0.3) is 11.1 Å². The summed E-state index contributed by atoms with van der Waals surface area (Å²) in [5.41, 5.74) is 1.16. The first-order chi connectivity index (χ1) is 14.7. The van der Waals surface area contributed by atoms with Crippen molar-refractivity contribution in [1.82, 2.24) is 4.90 Å². The highest BCUT2D eigenvalue weighted by Crippen LogP contribution is 2.39. The van der Waals surface area contributed by atoms with Crippen LogP contribution >= 0.6 is 0 Å². The minimum absolute atomic E-state index is 0.137. The smallest absolute Gasteiger partial charge is 0.347 e. The van der Waals surface area contributed by atoms with Gasteiger partial charge in [0.25, 0.3) is 5.91 Å². The highest BCUT2D eigenvalue weighted by molar-refractivity contribution is 6.07. The van der Waals surface area contributed by atoms with E-state index in [9.17, 15) is 14.7 Å². The molecule has 2 aliphatic rings. The van der Waals surface area contributed by atoms with Crippen LogP contribution in [0, 0.1) is 0 Å². The third-order valence-electron chi connectivity index (χ3n) is 6.19. The van der Waals surface area contributed by atoms with Gasteiger partial charge in [0.1, 0.15) is 17.1 Å². The fourth-order valence-electron chi connectivity index (χ4n) is 4.35. The van der Waals surface area contributed by atoms with E-state index in [2.05, 4.69) is 0 Å². The molecule has 0 bridgehead atoms. The number of aliphatic imine (C=N–C) groups is 1. The van der Waals surface area contributed by atoms with E-state index in [1.165, 1.54) is 13.8 Å². The fourth-order valence-corrected chi connectivity index (χ4v) is 4.35. The van der Waals surface area contributed by atoms with Crippen LogP contribution in [-0.2, 0) is 16.1 Å². The SMILES string of the molecule is CC1=NC2(CCCC2)C(=O)N1Cc1ccc(-c2cccc(OC(C)(C)C(=O)O)c2)cc1. The molecule has 0 atom stereocenters. The number of hydrogen-bond acceptors (Lipinski definition) is 4. The third kappa shape index (κ3) is 4.07. The molecule has 6 nitrogen and oxygen atoms in total. The maximum atomic E-state index is 13.0. The minimum atomic E-state index is -1.30. The summed E-state index contributed by atoms with van der Waals surface area (Å²) in [4.78, 5) is 30.9. The van der Waals surface area contributed by atoms with Crippen molar-refractivity contribution in [3.63, 3.8) is 0 Å². The summed E-state index contributed by atoms with van der Waals surface area (Å²) in [5.74, 6) is 0.432. The van der Waals surface area contributed by atoms with Crippen molar-refractivity contribution in [2.75, 3.05) is 0 Å². The van der Waals surface area contributed by atoms with Crippen LogP contribution in [0.4, 0.5) is 0 Å². The van der Waals surface area contributed by atoms with Crippen molar-refractivity contribution in [3.05, 3.63) is 54.1 Å². The topological polar surface area (TPSA) is 79.2 Å². The van der Waals surface area contributed by atoms with Crippen LogP contribution in [0.1, 0.15) is 52.0 Å². The van der Waals surface area contributed by atoms with E-state index in [1.54, 1.807) is 6.07 Å². The molecule has 1 fully saturated rings. The molecule has 1 heterocycles. The molecule has 1 spiro atoms. The zero-order valence-electron chi connectivity index (χ0n) is 18.2. The Kier molecular flexibility index (Phi) is 5.33. The Labute approximate surface area is 182 Å². The van der Waals surface area contributed by atoms with Crippen LogP contribution in [0.15, 0.2) is 53.5 Å². The molecule has 1 aliphatic carbocycles. The molecule has 0 aromatic heterocycles. The van der Waals surface area contributed by atoms with Gasteiger partial charge in [-0.05, 0) is 62.4 Å². The first-order valence-electron chi connectivity index (χ1n) is 10.7. The van der Waals surface area contributed by atoms with E-state index in [4.69, 9.17) is 9.73 Å². The number of ether oxygens (including phenoxy) is 1. The van der Waals surface area contributed by atoms with E-state index in [0.717, 1.165) is 48.2 Å². The number of hydrogen-bond donors (Lipinski definition) is 1. The molecule has 4 rings (SSSR count). The van der Waals surface area contributed by atoms with E-state index in [1.807, 2.05) is 54.3 Å². The summed E-state index contributed by atoms with van der Waals surface area (Å²) in [5, 5.41) is 9.28. The van der Waals surface area contributed by atoms with Gasteiger partial charge in [0, 0.05) is 0 Å². The molecule has 1 saturated carbocycles. The molecule has 0 saturated heterocycles. The average Bonchev–Trinajstić information content (AvgIpc) is 3.29. The number of amides is 1. The Morgan fingerprint density at radius 1 is 1.13 bits per heavy atom. The lowest BCUT2D eigenvalue weighted by Crippen LogP contribution is -2.40. The fraction of sp³-hybridized carbons (Fsp3) is 0.400. The Bertz CT molecular complexity index is 1030. The van der Waals surface area contributed by atoms with Crippen molar-refractivity contribution in [3.8, 4) is 16.9 Å². The van der Waals surface area contributed by atoms with E-state index in [-0.39, 0.29) is 5.91 Å². The van der Waals surface area contributed by atoms with Gasteiger partial charge < -0.3 is 9.84 Å². The van der Waals surface area contributed by atoms with Crippen molar-refractivity contribution in [2.45, 2.75) is 64.1 Å². The van der Waals surface area contributed by atoms with E-state index < -0.39 is 17.1 Å². The lowest BCUT2D eigenvalue weighted by molar-refractivity contribution is -0.152. The molecule has 6 heteroatoms. The lowest BCUT2D eigenvalue weighted by Gasteiger charge is -2.22. The van der Waals surface area contributed by atoms with Gasteiger partial charge in [-0.15, -0.1) is 0 Å². The van der Waals surface area contributed by atoms with Crippen LogP contribution in [-0.4, -0.2) is 38.9 Å². The van der Waals surface area contributed by atoms with Crippen LogP contribution in [0.3, 0.4) is 0 Å². The number of carbonyl (C=O) groups excluding carboxylic acids is 1. The molecule has 31 heavy (non-hydrogen) atoms. The second kappa shape index (κ2) is 7.84. The summed E-state index contributed by atoms with van der Waals surface area (Å²) in [6, 6.07) is 15.5. The zero-order valence-corrected chi connectivity index (χ0v) is 18.2. The average molecular weight is 421 g/mol. The number of carbonyl (C=O) groups is 2. The van der Waals surface area contributed by atoms with Gasteiger partial charge in [0.15, 0.2) is 5.60 Å². The second-order valence-corrected chi connectivity index (χ2v) is 8.93. The number of nitrogens with zero attached hydrogens (tertiary/aromatic N) is 2. The molecule has 2 aromatic carbocycles. The highest BCUT2D eigenvalue weighted by atomic mass is 16.5. The maximum Gasteiger partial charge on any atom is 0.347 e. The molecule has 2 aromatic rings. The van der Waals surface area contributed by atoms with Gasteiger partial charge in [-0.25, -0.2) is 4.79 Å². The summed E-state index contributed by atoms with van der Waals surface area (Å²) < 4.78 is 5.65. The van der Waals surface area contributed by atoms with Crippen molar-refractivity contribution in [2.24, 2.45) is 4.99 Å². The number of carboxylic acids is 1. The van der Waals surface area contributed by atoms with E-state index in [0.29, 0.717) is 12.3 Å². The molecule has 0 unspecified atom stereocenters. The van der Waals surface area contributed by atoms with Crippen molar-refractivity contribution in [1.29, 1.82) is 0 Å².